The van der Waals surface area contributed by atoms with E-state index in [2.05, 4.69) is 6.07 Å². The maximum atomic E-state index is 12.3. The molecule has 3 aromatic rings. The van der Waals surface area contributed by atoms with Crippen LogP contribution in [0.1, 0.15) is 22.8 Å². The smallest absolute Gasteiger partial charge is 0.340 e. The van der Waals surface area contributed by atoms with Gasteiger partial charge in [0, 0.05) is 17.3 Å². The summed E-state index contributed by atoms with van der Waals surface area (Å²) in [6.45, 7) is 2.08. The molecule has 0 saturated heterocycles. The van der Waals surface area contributed by atoms with E-state index in [9.17, 15) is 10.1 Å². The molecule has 0 atom stereocenters. The molecular formula is C18H14N2O2. The van der Waals surface area contributed by atoms with Gasteiger partial charge in [0.15, 0.2) is 0 Å². The van der Waals surface area contributed by atoms with E-state index in [1.165, 1.54) is 0 Å². The maximum absolute atomic E-state index is 12.3. The van der Waals surface area contributed by atoms with Crippen molar-refractivity contribution in [1.29, 1.82) is 5.26 Å². The third-order valence-electron chi connectivity index (χ3n) is 3.48. The molecule has 0 fully saturated rings. The second kappa shape index (κ2) is 5.74. The van der Waals surface area contributed by atoms with Crippen LogP contribution >= 0.6 is 0 Å². The number of nitriles is 1. The summed E-state index contributed by atoms with van der Waals surface area (Å²) < 4.78 is 7.06. The lowest BCUT2D eigenvalue weighted by Gasteiger charge is -2.08. The molecular weight excluding hydrogens is 276 g/mol. The number of carbonyl (C=O) groups excluding carboxylic acids is 1. The van der Waals surface area contributed by atoms with Gasteiger partial charge in [0.1, 0.15) is 0 Å². The molecule has 0 aliphatic rings. The Labute approximate surface area is 128 Å². The molecule has 0 saturated carbocycles. The molecule has 4 heteroatoms. The summed E-state index contributed by atoms with van der Waals surface area (Å²) in [5, 5.41) is 9.35. The minimum absolute atomic E-state index is 0.310. The predicted octanol–water partition coefficient (Wildman–Crippen LogP) is 3.65. The van der Waals surface area contributed by atoms with E-state index in [0.717, 1.165) is 11.1 Å². The van der Waals surface area contributed by atoms with E-state index in [4.69, 9.17) is 4.74 Å². The SMILES string of the molecule is CCOC(=O)c1cc2ccccn2c1-c1ccccc1C#N. The van der Waals surface area contributed by atoms with Crippen molar-refractivity contribution in [2.75, 3.05) is 6.61 Å². The van der Waals surface area contributed by atoms with E-state index in [-0.39, 0.29) is 5.97 Å². The number of carbonyl (C=O) groups is 1. The monoisotopic (exact) mass is 290 g/mol. The summed E-state index contributed by atoms with van der Waals surface area (Å²) >= 11 is 0. The van der Waals surface area contributed by atoms with Gasteiger partial charge < -0.3 is 9.14 Å². The average molecular weight is 290 g/mol. The minimum atomic E-state index is -0.381. The Morgan fingerprint density at radius 2 is 2.00 bits per heavy atom. The van der Waals surface area contributed by atoms with Gasteiger partial charge in [0.2, 0.25) is 0 Å². The van der Waals surface area contributed by atoms with Gasteiger partial charge in [-0.3, -0.25) is 0 Å². The lowest BCUT2D eigenvalue weighted by molar-refractivity contribution is 0.0527. The number of hydrogen-bond donors (Lipinski definition) is 0. The van der Waals surface area contributed by atoms with Gasteiger partial charge in [0.25, 0.3) is 0 Å². The molecule has 108 valence electrons. The van der Waals surface area contributed by atoms with Gasteiger partial charge in [0.05, 0.1) is 29.5 Å². The molecule has 22 heavy (non-hydrogen) atoms. The lowest BCUT2D eigenvalue weighted by atomic mass is 10.0. The minimum Gasteiger partial charge on any atom is -0.462 e. The third kappa shape index (κ3) is 2.23. The zero-order valence-electron chi connectivity index (χ0n) is 12.1. The van der Waals surface area contributed by atoms with Crippen molar-refractivity contribution >= 4 is 11.5 Å². The normalized spacial score (nSPS) is 10.4. The summed E-state index contributed by atoms with van der Waals surface area (Å²) in [4.78, 5) is 12.3. The number of fused-ring (bicyclic) bond motifs is 1. The molecule has 3 rings (SSSR count). The number of benzene rings is 1. The van der Waals surface area contributed by atoms with E-state index in [1.807, 2.05) is 47.0 Å². The highest BCUT2D eigenvalue weighted by Gasteiger charge is 2.20. The van der Waals surface area contributed by atoms with Crippen LogP contribution in [0, 0.1) is 11.3 Å². The van der Waals surface area contributed by atoms with Gasteiger partial charge in [-0.25, -0.2) is 4.79 Å². The van der Waals surface area contributed by atoms with E-state index in [1.54, 1.807) is 19.1 Å². The molecule has 0 spiro atoms. The van der Waals surface area contributed by atoms with Crippen LogP contribution in [0.25, 0.3) is 16.8 Å². The first-order valence-corrected chi connectivity index (χ1v) is 7.03. The lowest BCUT2D eigenvalue weighted by Crippen LogP contribution is -2.06. The van der Waals surface area contributed by atoms with Gasteiger partial charge in [-0.05, 0) is 31.2 Å². The van der Waals surface area contributed by atoms with E-state index >= 15 is 0 Å². The molecule has 0 amide bonds. The largest absolute Gasteiger partial charge is 0.462 e. The topological polar surface area (TPSA) is 54.5 Å². The molecule has 0 N–H and O–H groups in total. The average Bonchev–Trinajstić information content (AvgIpc) is 2.94. The second-order valence-electron chi connectivity index (χ2n) is 4.78. The van der Waals surface area contributed by atoms with Crippen LogP contribution in [0.5, 0.6) is 0 Å². The third-order valence-corrected chi connectivity index (χ3v) is 3.48. The molecule has 0 aliphatic heterocycles. The molecule has 2 heterocycles. The standard InChI is InChI=1S/C18H14N2O2/c1-2-22-18(21)16-11-14-8-5-6-10-20(14)17(16)15-9-4-3-7-13(15)12-19/h3-11H,2H2,1H3. The van der Waals surface area contributed by atoms with Crippen LogP contribution in [-0.2, 0) is 4.74 Å². The number of aromatic nitrogens is 1. The number of nitrogens with zero attached hydrogens (tertiary/aromatic N) is 2. The molecule has 0 bridgehead atoms. The Bertz CT molecular complexity index is 887. The van der Waals surface area contributed by atoms with Crippen LogP contribution in [-0.4, -0.2) is 17.0 Å². The molecule has 4 nitrogen and oxygen atoms in total. The van der Waals surface area contributed by atoms with Crippen molar-refractivity contribution in [3.05, 3.63) is 65.9 Å². The molecule has 0 aliphatic carbocycles. The van der Waals surface area contributed by atoms with Gasteiger partial charge in [-0.2, -0.15) is 5.26 Å². The zero-order valence-corrected chi connectivity index (χ0v) is 12.1. The number of pyridine rings is 1. The van der Waals surface area contributed by atoms with Crippen molar-refractivity contribution in [2.45, 2.75) is 6.92 Å². The predicted molar refractivity (Wildman–Crippen MR) is 83.5 cm³/mol. The van der Waals surface area contributed by atoms with Crippen LogP contribution in [0.2, 0.25) is 0 Å². The Morgan fingerprint density at radius 3 is 2.77 bits per heavy atom. The Kier molecular flexibility index (Phi) is 3.63. The van der Waals surface area contributed by atoms with Crippen molar-refractivity contribution in [1.82, 2.24) is 4.40 Å². The second-order valence-corrected chi connectivity index (χ2v) is 4.78. The fraction of sp³-hybridized carbons (Fsp3) is 0.111. The van der Waals surface area contributed by atoms with Crippen LogP contribution in [0.15, 0.2) is 54.7 Å². The van der Waals surface area contributed by atoms with Crippen LogP contribution in [0.3, 0.4) is 0 Å². The molecule has 0 radical (unpaired) electrons. The Hall–Kier alpha value is -3.06. The van der Waals surface area contributed by atoms with Gasteiger partial charge in [-0.15, -0.1) is 0 Å². The highest BCUT2D eigenvalue weighted by Crippen LogP contribution is 2.30. The van der Waals surface area contributed by atoms with Crippen LogP contribution in [0.4, 0.5) is 0 Å². The fourth-order valence-electron chi connectivity index (χ4n) is 2.55. The maximum Gasteiger partial charge on any atom is 0.340 e. The number of esters is 1. The summed E-state index contributed by atoms with van der Waals surface area (Å²) in [7, 11) is 0. The van der Waals surface area contributed by atoms with E-state index < -0.39 is 0 Å². The summed E-state index contributed by atoms with van der Waals surface area (Å²) in [5.74, 6) is -0.381. The highest BCUT2D eigenvalue weighted by molar-refractivity contribution is 5.99. The number of rotatable bonds is 3. The van der Waals surface area contributed by atoms with Gasteiger partial charge in [-0.1, -0.05) is 24.3 Å². The Morgan fingerprint density at radius 1 is 1.23 bits per heavy atom. The Balaban J connectivity index is 2.33. The zero-order chi connectivity index (χ0) is 15.5. The quantitative estimate of drug-likeness (QED) is 0.692. The van der Waals surface area contributed by atoms with E-state index in [0.29, 0.717) is 23.4 Å². The summed E-state index contributed by atoms with van der Waals surface area (Å²) in [6.07, 6.45) is 1.88. The summed E-state index contributed by atoms with van der Waals surface area (Å²) in [5.41, 5.74) is 3.28. The van der Waals surface area contributed by atoms with Crippen molar-refractivity contribution < 1.29 is 9.53 Å². The number of ether oxygens (including phenoxy) is 1. The van der Waals surface area contributed by atoms with Crippen molar-refractivity contribution in [2.24, 2.45) is 0 Å². The fourth-order valence-corrected chi connectivity index (χ4v) is 2.55. The van der Waals surface area contributed by atoms with Crippen molar-refractivity contribution in [3.63, 3.8) is 0 Å². The van der Waals surface area contributed by atoms with Crippen molar-refractivity contribution in [3.8, 4) is 17.3 Å². The van der Waals surface area contributed by atoms with Crippen LogP contribution < -0.4 is 0 Å². The molecule has 1 aromatic carbocycles. The number of hydrogen-bond acceptors (Lipinski definition) is 3. The molecule has 2 aromatic heterocycles. The van der Waals surface area contributed by atoms with Gasteiger partial charge >= 0.3 is 5.97 Å². The highest BCUT2D eigenvalue weighted by atomic mass is 16.5. The first-order valence-electron chi connectivity index (χ1n) is 7.03. The first-order chi connectivity index (χ1) is 10.8. The first kappa shape index (κ1) is 13.9. The molecule has 0 unspecified atom stereocenters. The summed E-state index contributed by atoms with van der Waals surface area (Å²) in [6, 6.07) is 16.9.